The number of ether oxygens (including phenoxy) is 3. The predicted molar refractivity (Wildman–Crippen MR) is 184 cm³/mol. The van der Waals surface area contributed by atoms with Crippen molar-refractivity contribution in [2.75, 3.05) is 38.0 Å². The van der Waals surface area contributed by atoms with Crippen LogP contribution in [0, 0.1) is 18.7 Å². The summed E-state index contributed by atoms with van der Waals surface area (Å²) >= 11 is 0. The molecule has 0 spiro atoms. The van der Waals surface area contributed by atoms with Crippen molar-refractivity contribution in [1.82, 2.24) is 20.1 Å². The Morgan fingerprint density at radius 3 is 2.21 bits per heavy atom. The normalized spacial score (nSPS) is 16.8. The maximum atomic E-state index is 13.8. The third kappa shape index (κ3) is 13.7. The summed E-state index contributed by atoms with van der Waals surface area (Å²) in [5, 5.41) is 6.29. The van der Waals surface area contributed by atoms with E-state index in [9.17, 15) is 18.8 Å². The molecular formula is C36H54FN5O6. The maximum Gasteiger partial charge on any atom is 0.413 e. The van der Waals surface area contributed by atoms with Gasteiger partial charge in [0.1, 0.15) is 28.4 Å². The van der Waals surface area contributed by atoms with E-state index in [0.717, 1.165) is 16.8 Å². The molecule has 2 atom stereocenters. The molecule has 11 nitrogen and oxygen atoms in total. The molecule has 3 amide bonds. The van der Waals surface area contributed by atoms with Crippen molar-refractivity contribution < 1.29 is 33.0 Å². The van der Waals surface area contributed by atoms with Crippen LogP contribution in [0.1, 0.15) is 79.1 Å². The summed E-state index contributed by atoms with van der Waals surface area (Å²) in [6.45, 7) is 20.2. The number of hydrogen-bond acceptors (Lipinski definition) is 8. The average Bonchev–Trinajstić information content (AvgIpc) is 3.29. The minimum absolute atomic E-state index is 0.0385. The Balaban J connectivity index is 1.75. The number of pyridine rings is 1. The van der Waals surface area contributed by atoms with Crippen LogP contribution in [-0.2, 0) is 27.1 Å². The number of hydrogen-bond donors (Lipinski definition) is 2. The number of nitrogens with zero attached hydrogens (tertiary/aromatic N) is 3. The van der Waals surface area contributed by atoms with Crippen LogP contribution in [0.2, 0.25) is 0 Å². The zero-order valence-corrected chi connectivity index (χ0v) is 30.2. The van der Waals surface area contributed by atoms with Gasteiger partial charge in [-0.25, -0.2) is 23.8 Å². The Morgan fingerprint density at radius 1 is 0.917 bits per heavy atom. The lowest BCUT2D eigenvalue weighted by molar-refractivity contribution is 0.0251. The number of amides is 3. The number of likely N-dealkylation sites (tertiary alicyclic amines) is 1. The maximum absolute atomic E-state index is 13.8. The van der Waals surface area contributed by atoms with Gasteiger partial charge in [0.25, 0.3) is 0 Å². The number of nitrogens with one attached hydrogen (secondary N) is 2. The van der Waals surface area contributed by atoms with Gasteiger partial charge in [0.2, 0.25) is 0 Å². The summed E-state index contributed by atoms with van der Waals surface area (Å²) in [5.74, 6) is 0.0242. The molecule has 0 saturated carbocycles. The SMILES string of the molecule is Cc1cc(C[C@H]2CN(C(=O)OC(C)(C)C)C[C@H]2NCCN(CCc2cccc(F)c2)C(=O)OC(C)(C)C)nc(NC(=O)OC(C)(C)C)c1. The van der Waals surface area contributed by atoms with Crippen LogP contribution in [0.25, 0.3) is 0 Å². The molecule has 266 valence electrons. The van der Waals surface area contributed by atoms with E-state index in [0.29, 0.717) is 51.4 Å². The first-order valence-corrected chi connectivity index (χ1v) is 16.6. The summed E-state index contributed by atoms with van der Waals surface area (Å²) < 4.78 is 30.5. The summed E-state index contributed by atoms with van der Waals surface area (Å²) in [6, 6.07) is 9.95. The van der Waals surface area contributed by atoms with Crippen molar-refractivity contribution in [3.05, 3.63) is 59.0 Å². The highest BCUT2D eigenvalue weighted by atomic mass is 19.1. The van der Waals surface area contributed by atoms with E-state index in [4.69, 9.17) is 14.2 Å². The summed E-state index contributed by atoms with van der Waals surface area (Å²) in [7, 11) is 0. The number of carbonyl (C=O) groups excluding carboxylic acids is 3. The van der Waals surface area contributed by atoms with Gasteiger partial charge in [-0.05, 0) is 123 Å². The van der Waals surface area contributed by atoms with E-state index >= 15 is 0 Å². The highest BCUT2D eigenvalue weighted by Crippen LogP contribution is 2.25. The largest absolute Gasteiger partial charge is 0.444 e. The summed E-state index contributed by atoms with van der Waals surface area (Å²) in [6.07, 6.45) is -0.444. The van der Waals surface area contributed by atoms with Crippen molar-refractivity contribution in [1.29, 1.82) is 0 Å². The molecule has 0 unspecified atom stereocenters. The molecule has 12 heteroatoms. The van der Waals surface area contributed by atoms with Gasteiger partial charge in [-0.1, -0.05) is 12.1 Å². The molecule has 2 aromatic rings. The Labute approximate surface area is 284 Å². The van der Waals surface area contributed by atoms with E-state index in [-0.39, 0.29) is 17.8 Å². The molecule has 2 N–H and O–H groups in total. The Hall–Kier alpha value is -3.93. The molecular weight excluding hydrogens is 617 g/mol. The van der Waals surface area contributed by atoms with Crippen molar-refractivity contribution in [3.63, 3.8) is 0 Å². The van der Waals surface area contributed by atoms with Gasteiger partial charge in [0.05, 0.1) is 0 Å². The first-order chi connectivity index (χ1) is 22.2. The summed E-state index contributed by atoms with van der Waals surface area (Å²) in [5.41, 5.74) is 0.492. The number of benzene rings is 1. The number of aromatic nitrogens is 1. The van der Waals surface area contributed by atoms with Gasteiger partial charge >= 0.3 is 18.3 Å². The Bertz CT molecular complexity index is 1410. The van der Waals surface area contributed by atoms with Gasteiger partial charge in [0, 0.05) is 44.5 Å². The number of halogens is 1. The first-order valence-electron chi connectivity index (χ1n) is 16.6. The molecule has 1 fully saturated rings. The van der Waals surface area contributed by atoms with Crippen LogP contribution in [-0.4, -0.2) is 88.6 Å². The van der Waals surface area contributed by atoms with E-state index in [2.05, 4.69) is 15.6 Å². The van der Waals surface area contributed by atoms with Crippen LogP contribution >= 0.6 is 0 Å². The zero-order valence-electron chi connectivity index (χ0n) is 30.2. The lowest BCUT2D eigenvalue weighted by Gasteiger charge is -2.28. The molecule has 0 aliphatic carbocycles. The molecule has 48 heavy (non-hydrogen) atoms. The molecule has 1 saturated heterocycles. The number of carbonyl (C=O) groups is 3. The minimum Gasteiger partial charge on any atom is -0.444 e. The second-order valence-corrected chi connectivity index (χ2v) is 15.4. The van der Waals surface area contributed by atoms with Gasteiger partial charge in [-0.3, -0.25) is 5.32 Å². The fourth-order valence-electron chi connectivity index (χ4n) is 5.33. The predicted octanol–water partition coefficient (Wildman–Crippen LogP) is 6.72. The third-order valence-electron chi connectivity index (χ3n) is 7.22. The highest BCUT2D eigenvalue weighted by Gasteiger charge is 2.37. The molecule has 1 aromatic carbocycles. The molecule has 3 rings (SSSR count). The molecule has 2 heterocycles. The quantitative estimate of drug-likeness (QED) is 0.267. The molecule has 1 aliphatic heterocycles. The van der Waals surface area contributed by atoms with Crippen LogP contribution < -0.4 is 10.6 Å². The molecule has 0 bridgehead atoms. The van der Waals surface area contributed by atoms with E-state index < -0.39 is 35.1 Å². The monoisotopic (exact) mass is 671 g/mol. The smallest absolute Gasteiger partial charge is 0.413 e. The van der Waals surface area contributed by atoms with E-state index in [1.807, 2.05) is 60.6 Å². The average molecular weight is 672 g/mol. The van der Waals surface area contributed by atoms with Crippen LogP contribution in [0.4, 0.5) is 24.6 Å². The van der Waals surface area contributed by atoms with Gasteiger partial charge in [-0.2, -0.15) is 0 Å². The van der Waals surface area contributed by atoms with Gasteiger partial charge in [-0.15, -0.1) is 0 Å². The number of rotatable bonds is 10. The minimum atomic E-state index is -0.676. The van der Waals surface area contributed by atoms with Gasteiger partial charge < -0.3 is 29.3 Å². The number of anilines is 1. The van der Waals surface area contributed by atoms with Crippen LogP contribution in [0.3, 0.4) is 0 Å². The van der Waals surface area contributed by atoms with Crippen molar-refractivity contribution in [2.45, 2.75) is 105 Å². The Kier molecular flexibility index (Phi) is 12.8. The first kappa shape index (κ1) is 38.5. The lowest BCUT2D eigenvalue weighted by Crippen LogP contribution is -2.45. The van der Waals surface area contributed by atoms with Crippen molar-refractivity contribution in [3.8, 4) is 0 Å². The van der Waals surface area contributed by atoms with Gasteiger partial charge in [0.15, 0.2) is 0 Å². The lowest BCUT2D eigenvalue weighted by atomic mass is 9.97. The second kappa shape index (κ2) is 16.0. The van der Waals surface area contributed by atoms with Crippen LogP contribution in [0.15, 0.2) is 36.4 Å². The standard InChI is InChI=1S/C36H54FN5O6/c1-24-18-28(39-30(19-24)40-31(43)46-34(2,3)4)21-26-22-42(33(45)48-36(8,9)10)23-29(26)38-15-17-41(32(44)47-35(5,6)7)16-14-25-12-11-13-27(37)20-25/h11-13,18-20,26,29,38H,14-17,21-23H2,1-10H3,(H,39,40,43)/t26-,29+/m0/s1. The van der Waals surface area contributed by atoms with E-state index in [1.165, 1.54) is 12.1 Å². The van der Waals surface area contributed by atoms with E-state index in [1.54, 1.807) is 42.7 Å². The third-order valence-corrected chi connectivity index (χ3v) is 7.22. The molecule has 1 aromatic heterocycles. The topological polar surface area (TPSA) is 122 Å². The van der Waals surface area contributed by atoms with Crippen molar-refractivity contribution >= 4 is 24.1 Å². The number of aryl methyl sites for hydroxylation is 1. The fraction of sp³-hybridized carbons (Fsp3) is 0.611. The zero-order chi connectivity index (χ0) is 35.9. The second-order valence-electron chi connectivity index (χ2n) is 15.4. The summed E-state index contributed by atoms with van der Waals surface area (Å²) in [4.78, 5) is 46.7. The highest BCUT2D eigenvalue weighted by molar-refractivity contribution is 5.83. The fourth-order valence-corrected chi connectivity index (χ4v) is 5.33. The van der Waals surface area contributed by atoms with Crippen LogP contribution in [0.5, 0.6) is 0 Å². The Morgan fingerprint density at radius 2 is 1.58 bits per heavy atom. The van der Waals surface area contributed by atoms with Crippen molar-refractivity contribution in [2.24, 2.45) is 5.92 Å². The molecule has 0 radical (unpaired) electrons. The molecule has 1 aliphatic rings.